The number of nitrogens with zero attached hydrogens (tertiary/aromatic N) is 1. The van der Waals surface area contributed by atoms with Crippen LogP contribution in [0.3, 0.4) is 0 Å². The van der Waals surface area contributed by atoms with E-state index in [9.17, 15) is 4.79 Å². The van der Waals surface area contributed by atoms with Crippen molar-refractivity contribution in [1.29, 1.82) is 0 Å². The molecule has 0 bridgehead atoms. The highest BCUT2D eigenvalue weighted by Gasteiger charge is 2.32. The Hall–Kier alpha value is -1.05. The molecule has 1 aliphatic rings. The van der Waals surface area contributed by atoms with Gasteiger partial charge in [-0.1, -0.05) is 13.8 Å². The minimum atomic E-state index is 0.134. The molecule has 0 unspecified atom stereocenters. The molecule has 0 aromatic carbocycles. The molecule has 0 N–H and O–H groups in total. The first-order chi connectivity index (χ1) is 6.53. The van der Waals surface area contributed by atoms with Crippen molar-refractivity contribution in [2.75, 3.05) is 0 Å². The second kappa shape index (κ2) is 2.97. The monoisotopic (exact) mass is 191 g/mol. The molecule has 0 saturated carbocycles. The van der Waals surface area contributed by atoms with Crippen LogP contribution < -0.4 is 0 Å². The van der Waals surface area contributed by atoms with E-state index in [-0.39, 0.29) is 5.41 Å². The molecule has 1 aromatic heterocycles. The molecule has 76 valence electrons. The highest BCUT2D eigenvalue weighted by Crippen LogP contribution is 2.34. The average Bonchev–Trinajstić information content (AvgIpc) is 2.45. The molecular formula is C12H17NO. The standard InChI is InChI=1S/C12H17NO/c1-4-13-6-5-9-10(13)7-12(2,3)8-11(9)14/h5-6H,4,7-8H2,1-3H3. The van der Waals surface area contributed by atoms with Gasteiger partial charge in [0.05, 0.1) is 0 Å². The molecule has 1 aromatic rings. The summed E-state index contributed by atoms with van der Waals surface area (Å²) in [5.41, 5.74) is 2.31. The Morgan fingerprint density at radius 2 is 2.14 bits per heavy atom. The van der Waals surface area contributed by atoms with Gasteiger partial charge in [0.1, 0.15) is 0 Å². The van der Waals surface area contributed by atoms with Crippen molar-refractivity contribution < 1.29 is 4.79 Å². The zero-order valence-corrected chi connectivity index (χ0v) is 9.13. The van der Waals surface area contributed by atoms with Crippen molar-refractivity contribution in [2.24, 2.45) is 5.41 Å². The number of carbonyl (C=O) groups is 1. The number of carbonyl (C=O) groups excluding carboxylic acids is 1. The SMILES string of the molecule is CCn1ccc2c1CC(C)(C)CC2=O. The van der Waals surface area contributed by atoms with Gasteiger partial charge < -0.3 is 4.57 Å². The van der Waals surface area contributed by atoms with Gasteiger partial charge in [-0.05, 0) is 24.8 Å². The predicted molar refractivity (Wildman–Crippen MR) is 56.5 cm³/mol. The zero-order valence-electron chi connectivity index (χ0n) is 9.13. The lowest BCUT2D eigenvalue weighted by molar-refractivity contribution is 0.0910. The average molecular weight is 191 g/mol. The maximum atomic E-state index is 11.8. The van der Waals surface area contributed by atoms with Gasteiger partial charge in [0.2, 0.25) is 0 Å². The largest absolute Gasteiger partial charge is 0.351 e. The summed E-state index contributed by atoms with van der Waals surface area (Å²) in [5, 5.41) is 0. The number of fused-ring (bicyclic) bond motifs is 1. The highest BCUT2D eigenvalue weighted by atomic mass is 16.1. The number of hydrogen-bond acceptors (Lipinski definition) is 1. The van der Waals surface area contributed by atoms with Gasteiger partial charge in [-0.15, -0.1) is 0 Å². The molecule has 0 atom stereocenters. The quantitative estimate of drug-likeness (QED) is 0.669. The second-order valence-corrected chi connectivity index (χ2v) is 4.90. The predicted octanol–water partition coefficient (Wildman–Crippen LogP) is 2.66. The zero-order chi connectivity index (χ0) is 10.3. The van der Waals surface area contributed by atoms with Gasteiger partial charge in [0.25, 0.3) is 0 Å². The lowest BCUT2D eigenvalue weighted by atomic mass is 9.76. The summed E-state index contributed by atoms with van der Waals surface area (Å²) in [7, 11) is 0. The number of Topliss-reactive ketones (excluding diaryl/α,β-unsaturated/α-hetero) is 1. The fourth-order valence-corrected chi connectivity index (χ4v) is 2.30. The van der Waals surface area contributed by atoms with Gasteiger partial charge in [-0.3, -0.25) is 4.79 Å². The van der Waals surface area contributed by atoms with Gasteiger partial charge >= 0.3 is 0 Å². The molecule has 2 heteroatoms. The van der Waals surface area contributed by atoms with E-state index in [0.29, 0.717) is 12.2 Å². The molecule has 0 amide bonds. The van der Waals surface area contributed by atoms with Crippen molar-refractivity contribution in [3.63, 3.8) is 0 Å². The maximum absolute atomic E-state index is 11.8. The van der Waals surface area contributed by atoms with E-state index in [4.69, 9.17) is 0 Å². The first-order valence-electron chi connectivity index (χ1n) is 5.25. The van der Waals surface area contributed by atoms with Crippen LogP contribution in [0.4, 0.5) is 0 Å². The van der Waals surface area contributed by atoms with E-state index in [2.05, 4.69) is 25.3 Å². The second-order valence-electron chi connectivity index (χ2n) is 4.90. The summed E-state index contributed by atoms with van der Waals surface area (Å²) < 4.78 is 2.19. The molecule has 0 saturated heterocycles. The van der Waals surface area contributed by atoms with E-state index in [1.165, 1.54) is 5.69 Å². The number of aromatic nitrogens is 1. The minimum absolute atomic E-state index is 0.134. The smallest absolute Gasteiger partial charge is 0.165 e. The molecule has 0 aliphatic heterocycles. The van der Waals surface area contributed by atoms with E-state index in [0.717, 1.165) is 18.5 Å². The van der Waals surface area contributed by atoms with Crippen LogP contribution in [0.2, 0.25) is 0 Å². The molecule has 1 aliphatic carbocycles. The lowest BCUT2D eigenvalue weighted by Crippen LogP contribution is -2.27. The van der Waals surface area contributed by atoms with Crippen LogP contribution in [-0.2, 0) is 13.0 Å². The summed E-state index contributed by atoms with van der Waals surface area (Å²) in [6, 6.07) is 1.97. The van der Waals surface area contributed by atoms with Crippen molar-refractivity contribution in [2.45, 2.75) is 40.2 Å². The Bertz CT molecular complexity index is 374. The van der Waals surface area contributed by atoms with Crippen molar-refractivity contribution in [1.82, 2.24) is 4.57 Å². The van der Waals surface area contributed by atoms with Crippen molar-refractivity contribution in [3.05, 3.63) is 23.5 Å². The summed E-state index contributed by atoms with van der Waals surface area (Å²) >= 11 is 0. The Balaban J connectivity index is 2.48. The summed E-state index contributed by atoms with van der Waals surface area (Å²) in [6.07, 6.45) is 3.74. The van der Waals surface area contributed by atoms with Crippen LogP contribution in [-0.4, -0.2) is 10.4 Å². The summed E-state index contributed by atoms with van der Waals surface area (Å²) in [6.45, 7) is 7.41. The molecular weight excluding hydrogens is 174 g/mol. The fourth-order valence-electron chi connectivity index (χ4n) is 2.30. The van der Waals surface area contributed by atoms with Crippen LogP contribution in [0.15, 0.2) is 12.3 Å². The van der Waals surface area contributed by atoms with Crippen LogP contribution in [0.25, 0.3) is 0 Å². The highest BCUT2D eigenvalue weighted by molar-refractivity contribution is 5.98. The lowest BCUT2D eigenvalue weighted by Gasteiger charge is -2.29. The third kappa shape index (κ3) is 1.39. The van der Waals surface area contributed by atoms with E-state index in [1.807, 2.05) is 12.3 Å². The molecule has 2 nitrogen and oxygen atoms in total. The van der Waals surface area contributed by atoms with Crippen LogP contribution in [0, 0.1) is 5.41 Å². The molecule has 1 heterocycles. The minimum Gasteiger partial charge on any atom is -0.351 e. The number of ketones is 1. The Kier molecular flexibility index (Phi) is 2.02. The van der Waals surface area contributed by atoms with E-state index < -0.39 is 0 Å². The number of rotatable bonds is 1. The van der Waals surface area contributed by atoms with Crippen molar-refractivity contribution in [3.8, 4) is 0 Å². The maximum Gasteiger partial charge on any atom is 0.165 e. The Morgan fingerprint density at radius 1 is 1.43 bits per heavy atom. The van der Waals surface area contributed by atoms with Crippen LogP contribution in [0.1, 0.15) is 43.2 Å². The molecule has 14 heavy (non-hydrogen) atoms. The fraction of sp³-hybridized carbons (Fsp3) is 0.583. The van der Waals surface area contributed by atoms with Crippen LogP contribution >= 0.6 is 0 Å². The van der Waals surface area contributed by atoms with E-state index >= 15 is 0 Å². The van der Waals surface area contributed by atoms with Gasteiger partial charge in [0, 0.05) is 30.4 Å². The Labute approximate surface area is 84.9 Å². The molecule has 0 radical (unpaired) electrons. The van der Waals surface area contributed by atoms with Crippen LogP contribution in [0.5, 0.6) is 0 Å². The summed E-state index contributed by atoms with van der Waals surface area (Å²) in [4.78, 5) is 11.8. The third-order valence-electron chi connectivity index (χ3n) is 3.00. The van der Waals surface area contributed by atoms with E-state index in [1.54, 1.807) is 0 Å². The number of aryl methyl sites for hydroxylation is 1. The molecule has 0 fully saturated rings. The number of hydrogen-bond donors (Lipinski definition) is 0. The van der Waals surface area contributed by atoms with Gasteiger partial charge in [0.15, 0.2) is 5.78 Å². The normalized spacial score (nSPS) is 19.5. The third-order valence-corrected chi connectivity index (χ3v) is 3.00. The first-order valence-corrected chi connectivity index (χ1v) is 5.25. The Morgan fingerprint density at radius 3 is 2.79 bits per heavy atom. The van der Waals surface area contributed by atoms with Gasteiger partial charge in [-0.25, -0.2) is 0 Å². The van der Waals surface area contributed by atoms with Crippen molar-refractivity contribution >= 4 is 5.78 Å². The first kappa shape index (κ1) is 9.50. The molecule has 0 spiro atoms. The topological polar surface area (TPSA) is 22.0 Å². The van der Waals surface area contributed by atoms with Gasteiger partial charge in [-0.2, -0.15) is 0 Å². The summed E-state index contributed by atoms with van der Waals surface area (Å²) in [5.74, 6) is 0.309. The molecule has 2 rings (SSSR count).